The Morgan fingerprint density at radius 1 is 1.03 bits per heavy atom. The number of rotatable bonds is 9. The van der Waals surface area contributed by atoms with E-state index >= 15 is 0 Å². The predicted molar refractivity (Wildman–Crippen MR) is 110 cm³/mol. The number of nitrogens with zero attached hydrogens (tertiary/aromatic N) is 2. The number of amides is 1. The van der Waals surface area contributed by atoms with Gasteiger partial charge in [-0.3, -0.25) is 9.78 Å². The van der Waals surface area contributed by atoms with Gasteiger partial charge in [0.2, 0.25) is 5.91 Å². The quantitative estimate of drug-likeness (QED) is 0.476. The van der Waals surface area contributed by atoms with Gasteiger partial charge in [-0.2, -0.15) is 0 Å². The van der Waals surface area contributed by atoms with E-state index in [1.807, 2.05) is 0 Å². The number of ether oxygens (including phenoxy) is 2. The SMILES string of the molecule is COc1ccc(OCCCC(=O)N(Cc2ccccn2)c2ccc(F)cc2F)cc1. The smallest absolute Gasteiger partial charge is 0.227 e. The Kier molecular flexibility index (Phi) is 7.32. The summed E-state index contributed by atoms with van der Waals surface area (Å²) in [6.07, 6.45) is 2.17. The van der Waals surface area contributed by atoms with E-state index in [2.05, 4.69) is 4.98 Å². The first kappa shape index (κ1) is 21.2. The summed E-state index contributed by atoms with van der Waals surface area (Å²) in [5, 5.41) is 0. The summed E-state index contributed by atoms with van der Waals surface area (Å²) >= 11 is 0. The molecule has 0 aliphatic carbocycles. The molecule has 2 aromatic carbocycles. The second-order valence-corrected chi connectivity index (χ2v) is 6.52. The molecular weight excluding hydrogens is 390 g/mol. The predicted octanol–water partition coefficient (Wildman–Crippen LogP) is 4.76. The number of pyridine rings is 1. The van der Waals surface area contributed by atoms with E-state index in [-0.39, 0.29) is 24.6 Å². The topological polar surface area (TPSA) is 51.7 Å². The molecule has 0 spiro atoms. The van der Waals surface area contributed by atoms with Gasteiger partial charge in [0.25, 0.3) is 0 Å². The molecule has 0 saturated carbocycles. The highest BCUT2D eigenvalue weighted by Gasteiger charge is 2.20. The fraction of sp³-hybridized carbons (Fsp3) is 0.217. The summed E-state index contributed by atoms with van der Waals surface area (Å²) in [7, 11) is 1.59. The van der Waals surface area contributed by atoms with E-state index in [1.165, 1.54) is 11.0 Å². The van der Waals surface area contributed by atoms with Crippen molar-refractivity contribution in [3.63, 3.8) is 0 Å². The molecule has 3 rings (SSSR count). The Morgan fingerprint density at radius 3 is 2.47 bits per heavy atom. The molecular formula is C23H22F2N2O3. The van der Waals surface area contributed by atoms with Crippen LogP contribution in [0.3, 0.4) is 0 Å². The second-order valence-electron chi connectivity index (χ2n) is 6.52. The molecule has 7 heteroatoms. The van der Waals surface area contributed by atoms with Crippen molar-refractivity contribution in [1.82, 2.24) is 4.98 Å². The van der Waals surface area contributed by atoms with E-state index in [0.717, 1.165) is 17.9 Å². The number of carbonyl (C=O) groups is 1. The summed E-state index contributed by atoms with van der Waals surface area (Å²) in [5.74, 6) is -0.408. The van der Waals surface area contributed by atoms with Gasteiger partial charge in [-0.05, 0) is 55.0 Å². The molecule has 1 aromatic heterocycles. The normalized spacial score (nSPS) is 10.5. The zero-order valence-electron chi connectivity index (χ0n) is 16.6. The molecule has 0 unspecified atom stereocenters. The Morgan fingerprint density at radius 2 is 1.80 bits per heavy atom. The number of hydrogen-bond donors (Lipinski definition) is 0. The fourth-order valence-electron chi connectivity index (χ4n) is 2.88. The number of halogens is 2. The van der Waals surface area contributed by atoms with Crippen LogP contribution in [0.1, 0.15) is 18.5 Å². The Balaban J connectivity index is 1.64. The minimum Gasteiger partial charge on any atom is -0.497 e. The third kappa shape index (κ3) is 5.76. The van der Waals surface area contributed by atoms with Gasteiger partial charge in [0, 0.05) is 18.7 Å². The van der Waals surface area contributed by atoms with Crippen LogP contribution in [0.2, 0.25) is 0 Å². The lowest BCUT2D eigenvalue weighted by Crippen LogP contribution is -2.31. The zero-order valence-corrected chi connectivity index (χ0v) is 16.6. The highest BCUT2D eigenvalue weighted by atomic mass is 19.1. The van der Waals surface area contributed by atoms with Gasteiger partial charge < -0.3 is 14.4 Å². The molecule has 30 heavy (non-hydrogen) atoms. The molecule has 0 radical (unpaired) electrons. The third-order valence-electron chi connectivity index (χ3n) is 4.41. The van der Waals surface area contributed by atoms with E-state index in [1.54, 1.807) is 55.8 Å². The Labute approximate surface area is 173 Å². The van der Waals surface area contributed by atoms with Crippen molar-refractivity contribution in [2.45, 2.75) is 19.4 Å². The Bertz CT molecular complexity index is 966. The van der Waals surface area contributed by atoms with Crippen LogP contribution < -0.4 is 14.4 Å². The first-order valence-electron chi connectivity index (χ1n) is 9.49. The van der Waals surface area contributed by atoms with Crippen LogP contribution in [-0.4, -0.2) is 24.6 Å². The fourth-order valence-corrected chi connectivity index (χ4v) is 2.88. The van der Waals surface area contributed by atoms with Gasteiger partial charge in [0.1, 0.15) is 23.1 Å². The maximum Gasteiger partial charge on any atom is 0.227 e. The molecule has 1 heterocycles. The second kappa shape index (κ2) is 10.3. The van der Waals surface area contributed by atoms with Crippen LogP contribution in [0.25, 0.3) is 0 Å². The van der Waals surface area contributed by atoms with Crippen molar-refractivity contribution in [3.05, 3.63) is 84.2 Å². The lowest BCUT2D eigenvalue weighted by Gasteiger charge is -2.23. The van der Waals surface area contributed by atoms with Crippen molar-refractivity contribution in [2.24, 2.45) is 0 Å². The average molecular weight is 412 g/mol. The number of methoxy groups -OCH3 is 1. The van der Waals surface area contributed by atoms with Crippen LogP contribution >= 0.6 is 0 Å². The van der Waals surface area contributed by atoms with E-state index in [9.17, 15) is 13.6 Å². The van der Waals surface area contributed by atoms with Crippen molar-refractivity contribution >= 4 is 11.6 Å². The molecule has 0 saturated heterocycles. The van der Waals surface area contributed by atoms with Crippen LogP contribution in [0, 0.1) is 11.6 Å². The Hall–Kier alpha value is -3.48. The molecule has 0 N–H and O–H groups in total. The highest BCUT2D eigenvalue weighted by molar-refractivity contribution is 5.93. The van der Waals surface area contributed by atoms with Gasteiger partial charge in [0.15, 0.2) is 0 Å². The van der Waals surface area contributed by atoms with Crippen LogP contribution in [-0.2, 0) is 11.3 Å². The lowest BCUT2D eigenvalue weighted by atomic mass is 10.2. The van der Waals surface area contributed by atoms with Gasteiger partial charge in [-0.1, -0.05) is 6.07 Å². The van der Waals surface area contributed by atoms with Crippen molar-refractivity contribution in [2.75, 3.05) is 18.6 Å². The van der Waals surface area contributed by atoms with Crippen molar-refractivity contribution in [1.29, 1.82) is 0 Å². The maximum atomic E-state index is 14.3. The van der Waals surface area contributed by atoms with E-state index in [4.69, 9.17) is 9.47 Å². The third-order valence-corrected chi connectivity index (χ3v) is 4.41. The first-order chi connectivity index (χ1) is 14.6. The number of anilines is 1. The van der Waals surface area contributed by atoms with Crippen molar-refractivity contribution in [3.8, 4) is 11.5 Å². The molecule has 0 fully saturated rings. The van der Waals surface area contributed by atoms with Gasteiger partial charge in [-0.25, -0.2) is 8.78 Å². The van der Waals surface area contributed by atoms with Gasteiger partial charge in [0.05, 0.1) is 31.6 Å². The van der Waals surface area contributed by atoms with Crippen LogP contribution in [0.4, 0.5) is 14.5 Å². The van der Waals surface area contributed by atoms with Crippen molar-refractivity contribution < 1.29 is 23.0 Å². The average Bonchev–Trinajstić information content (AvgIpc) is 2.76. The first-order valence-corrected chi connectivity index (χ1v) is 9.49. The van der Waals surface area contributed by atoms with Gasteiger partial charge in [-0.15, -0.1) is 0 Å². The lowest BCUT2D eigenvalue weighted by molar-refractivity contribution is -0.119. The molecule has 0 atom stereocenters. The van der Waals surface area contributed by atoms with Gasteiger partial charge >= 0.3 is 0 Å². The highest BCUT2D eigenvalue weighted by Crippen LogP contribution is 2.23. The largest absolute Gasteiger partial charge is 0.497 e. The van der Waals surface area contributed by atoms with E-state index in [0.29, 0.717) is 24.5 Å². The molecule has 5 nitrogen and oxygen atoms in total. The number of carbonyl (C=O) groups excluding carboxylic acids is 1. The summed E-state index contributed by atoms with van der Waals surface area (Å²) in [6.45, 7) is 0.406. The minimum absolute atomic E-state index is 0.0168. The number of benzene rings is 2. The summed E-state index contributed by atoms with van der Waals surface area (Å²) in [4.78, 5) is 18.3. The summed E-state index contributed by atoms with van der Waals surface area (Å²) < 4.78 is 38.4. The minimum atomic E-state index is -0.797. The summed E-state index contributed by atoms with van der Waals surface area (Å²) in [6, 6.07) is 15.6. The zero-order chi connectivity index (χ0) is 21.3. The van der Waals surface area contributed by atoms with Crippen LogP contribution in [0.15, 0.2) is 66.9 Å². The molecule has 1 amide bonds. The maximum absolute atomic E-state index is 14.3. The summed E-state index contributed by atoms with van der Waals surface area (Å²) in [5.41, 5.74) is 0.618. The molecule has 0 bridgehead atoms. The molecule has 156 valence electrons. The molecule has 0 aliphatic heterocycles. The van der Waals surface area contributed by atoms with Crippen LogP contribution in [0.5, 0.6) is 11.5 Å². The number of aromatic nitrogens is 1. The molecule has 0 aliphatic rings. The standard InChI is InChI=1S/C23H22F2N2O3/c1-29-19-8-10-20(11-9-19)30-14-4-6-23(28)27(16-18-5-2-3-13-26-18)22-12-7-17(24)15-21(22)25/h2-3,5,7-13,15H,4,6,14,16H2,1H3. The molecule has 3 aromatic rings. The monoisotopic (exact) mass is 412 g/mol. The van der Waals surface area contributed by atoms with E-state index < -0.39 is 11.6 Å². The number of hydrogen-bond acceptors (Lipinski definition) is 4.